The van der Waals surface area contributed by atoms with Crippen molar-refractivity contribution in [1.82, 2.24) is 9.88 Å². The predicted molar refractivity (Wildman–Crippen MR) is 121 cm³/mol. The fraction of sp³-hybridized carbons (Fsp3) is 0.250. The molecule has 3 rings (SSSR count). The van der Waals surface area contributed by atoms with E-state index >= 15 is 0 Å². The number of benzene rings is 2. The van der Waals surface area contributed by atoms with Gasteiger partial charge in [-0.15, -0.1) is 0 Å². The van der Waals surface area contributed by atoms with Crippen LogP contribution in [-0.2, 0) is 4.79 Å². The molecule has 6 heteroatoms. The number of nitrogens with zero attached hydrogens (tertiary/aromatic N) is 1. The van der Waals surface area contributed by atoms with Gasteiger partial charge in [-0.3, -0.25) is 9.59 Å². The first-order valence-corrected chi connectivity index (χ1v) is 10.3. The fourth-order valence-electron chi connectivity index (χ4n) is 3.36. The topological polar surface area (TPSA) is 63.1 Å². The smallest absolute Gasteiger partial charge is 0.253 e. The molecule has 0 spiro atoms. The summed E-state index contributed by atoms with van der Waals surface area (Å²) in [5.74, 6) is -0.271. The molecule has 0 radical (unpaired) electrons. The van der Waals surface area contributed by atoms with Crippen molar-refractivity contribution in [3.63, 3.8) is 0 Å². The molecule has 0 bridgehead atoms. The Bertz CT molecular complexity index is 1050. The molecule has 30 heavy (non-hydrogen) atoms. The van der Waals surface area contributed by atoms with E-state index in [0.29, 0.717) is 17.0 Å². The van der Waals surface area contributed by atoms with Gasteiger partial charge >= 0.3 is 0 Å². The lowest BCUT2D eigenvalue weighted by Crippen LogP contribution is -2.27. The van der Waals surface area contributed by atoms with E-state index in [9.17, 15) is 9.59 Å². The summed E-state index contributed by atoms with van der Waals surface area (Å²) in [4.78, 5) is 24.4. The summed E-state index contributed by atoms with van der Waals surface area (Å²) in [6, 6.07) is 16.8. The van der Waals surface area contributed by atoms with Gasteiger partial charge in [-0.2, -0.15) is 0 Å². The van der Waals surface area contributed by atoms with Crippen LogP contribution in [0.25, 0.3) is 5.69 Å². The number of aromatic nitrogens is 1. The molecule has 1 heterocycles. The van der Waals surface area contributed by atoms with E-state index in [1.807, 2.05) is 69.3 Å². The minimum atomic E-state index is -0.236. The van der Waals surface area contributed by atoms with Crippen LogP contribution in [0.4, 0.5) is 5.69 Å². The Morgan fingerprint density at radius 1 is 1.00 bits per heavy atom. The Labute approximate surface area is 182 Å². The number of carbonyl (C=O) groups is 2. The van der Waals surface area contributed by atoms with Crippen molar-refractivity contribution in [2.45, 2.75) is 40.2 Å². The van der Waals surface area contributed by atoms with Crippen LogP contribution < -0.4 is 10.6 Å². The highest BCUT2D eigenvalue weighted by Gasteiger charge is 2.16. The van der Waals surface area contributed by atoms with Crippen molar-refractivity contribution >= 4 is 29.1 Å². The van der Waals surface area contributed by atoms with Crippen LogP contribution in [0.5, 0.6) is 0 Å². The molecule has 0 saturated carbocycles. The number of hydrogen-bond donors (Lipinski definition) is 2. The summed E-state index contributed by atoms with van der Waals surface area (Å²) >= 11 is 6.33. The summed E-state index contributed by atoms with van der Waals surface area (Å²) in [6.07, 6.45) is 0.427. The first-order valence-electron chi connectivity index (χ1n) is 9.95. The molecule has 2 amide bonds. The van der Waals surface area contributed by atoms with Gasteiger partial charge in [0.2, 0.25) is 5.91 Å². The number of anilines is 1. The van der Waals surface area contributed by atoms with Gasteiger partial charge in [-0.25, -0.2) is 0 Å². The van der Waals surface area contributed by atoms with Crippen molar-refractivity contribution < 1.29 is 9.59 Å². The highest BCUT2D eigenvalue weighted by Crippen LogP contribution is 2.24. The number of carbonyl (C=O) groups excluding carboxylic acids is 2. The first-order chi connectivity index (χ1) is 14.3. The predicted octanol–water partition coefficient (Wildman–Crippen LogP) is 5.59. The third kappa shape index (κ3) is 4.74. The van der Waals surface area contributed by atoms with E-state index in [1.54, 1.807) is 13.0 Å². The van der Waals surface area contributed by atoms with Crippen LogP contribution in [0, 0.1) is 13.8 Å². The average Bonchev–Trinajstić information content (AvgIpc) is 3.07. The molecular weight excluding hydrogens is 398 g/mol. The SMILES string of the molecule is CCC(=O)Nc1ccc(C(C)NC(=O)c2cc(-n3c(C)ccc3C)ccc2Cl)cc1. The minimum absolute atomic E-state index is 0.0354. The minimum Gasteiger partial charge on any atom is -0.345 e. The number of hydrogen-bond acceptors (Lipinski definition) is 2. The van der Waals surface area contributed by atoms with Crippen LogP contribution in [0.2, 0.25) is 5.02 Å². The lowest BCUT2D eigenvalue weighted by molar-refractivity contribution is -0.115. The average molecular weight is 424 g/mol. The van der Waals surface area contributed by atoms with Gasteiger partial charge < -0.3 is 15.2 Å². The van der Waals surface area contributed by atoms with Crippen molar-refractivity contribution in [3.05, 3.63) is 82.1 Å². The lowest BCUT2D eigenvalue weighted by Gasteiger charge is -2.17. The van der Waals surface area contributed by atoms with Crippen LogP contribution in [0.1, 0.15) is 53.6 Å². The fourth-order valence-corrected chi connectivity index (χ4v) is 3.57. The number of nitrogens with one attached hydrogen (secondary N) is 2. The maximum absolute atomic E-state index is 12.9. The quantitative estimate of drug-likeness (QED) is 0.543. The lowest BCUT2D eigenvalue weighted by atomic mass is 10.1. The monoisotopic (exact) mass is 423 g/mol. The van der Waals surface area contributed by atoms with E-state index in [1.165, 1.54) is 0 Å². The van der Waals surface area contributed by atoms with E-state index in [4.69, 9.17) is 11.6 Å². The molecule has 0 fully saturated rings. The number of rotatable bonds is 6. The molecule has 5 nitrogen and oxygen atoms in total. The van der Waals surface area contributed by atoms with Gasteiger partial charge in [0.15, 0.2) is 0 Å². The maximum Gasteiger partial charge on any atom is 0.253 e. The molecule has 3 aromatic rings. The van der Waals surface area contributed by atoms with Gasteiger partial charge in [0.25, 0.3) is 5.91 Å². The maximum atomic E-state index is 12.9. The summed E-state index contributed by atoms with van der Waals surface area (Å²) in [6.45, 7) is 7.77. The zero-order chi connectivity index (χ0) is 21.8. The Kier molecular flexibility index (Phi) is 6.63. The number of halogens is 1. The first kappa shape index (κ1) is 21.7. The molecule has 0 aliphatic heterocycles. The van der Waals surface area contributed by atoms with E-state index in [2.05, 4.69) is 15.2 Å². The third-order valence-electron chi connectivity index (χ3n) is 5.09. The van der Waals surface area contributed by atoms with Crippen molar-refractivity contribution in [2.24, 2.45) is 0 Å². The molecule has 1 atom stereocenters. The van der Waals surface area contributed by atoms with Gasteiger partial charge in [0.05, 0.1) is 16.6 Å². The highest BCUT2D eigenvalue weighted by molar-refractivity contribution is 6.33. The normalized spacial score (nSPS) is 11.8. The van der Waals surface area contributed by atoms with Gasteiger partial charge in [0.1, 0.15) is 0 Å². The highest BCUT2D eigenvalue weighted by atomic mass is 35.5. The molecule has 1 unspecified atom stereocenters. The molecular formula is C24H26ClN3O2. The Balaban J connectivity index is 1.77. The molecule has 0 aliphatic rings. The standard InChI is InChI=1S/C24H26ClN3O2/c1-5-23(29)27-19-10-8-18(9-11-19)17(4)26-24(30)21-14-20(12-13-22(21)25)28-15(2)6-7-16(28)3/h6-14,17H,5H2,1-4H3,(H,26,30)(H,27,29). The van der Waals surface area contributed by atoms with E-state index in [0.717, 1.165) is 28.3 Å². The zero-order valence-corrected chi connectivity index (χ0v) is 18.4. The van der Waals surface area contributed by atoms with Gasteiger partial charge in [-0.1, -0.05) is 30.7 Å². The van der Waals surface area contributed by atoms with Gasteiger partial charge in [-0.05, 0) is 68.8 Å². The molecule has 2 aromatic carbocycles. The van der Waals surface area contributed by atoms with Crippen LogP contribution >= 0.6 is 11.6 Å². The largest absolute Gasteiger partial charge is 0.345 e. The molecule has 156 valence electrons. The summed E-state index contributed by atoms with van der Waals surface area (Å²) < 4.78 is 2.08. The summed E-state index contributed by atoms with van der Waals surface area (Å²) in [5, 5.41) is 6.23. The van der Waals surface area contributed by atoms with Gasteiger partial charge in [0, 0.05) is 29.2 Å². The Morgan fingerprint density at radius 3 is 2.23 bits per heavy atom. The molecule has 0 saturated heterocycles. The third-order valence-corrected chi connectivity index (χ3v) is 5.42. The number of aryl methyl sites for hydroxylation is 2. The molecule has 2 N–H and O–H groups in total. The summed E-state index contributed by atoms with van der Waals surface area (Å²) in [5.41, 5.74) is 5.17. The van der Waals surface area contributed by atoms with Crippen molar-refractivity contribution in [1.29, 1.82) is 0 Å². The molecule has 0 aliphatic carbocycles. The number of amides is 2. The van der Waals surface area contributed by atoms with Crippen LogP contribution in [0.3, 0.4) is 0 Å². The Hall–Kier alpha value is -3.05. The second-order valence-electron chi connectivity index (χ2n) is 7.33. The molecule has 1 aromatic heterocycles. The second kappa shape index (κ2) is 9.18. The second-order valence-corrected chi connectivity index (χ2v) is 7.74. The van der Waals surface area contributed by atoms with Crippen LogP contribution in [0.15, 0.2) is 54.6 Å². The van der Waals surface area contributed by atoms with E-state index in [-0.39, 0.29) is 17.9 Å². The summed E-state index contributed by atoms with van der Waals surface area (Å²) in [7, 11) is 0. The van der Waals surface area contributed by atoms with Crippen LogP contribution in [-0.4, -0.2) is 16.4 Å². The zero-order valence-electron chi connectivity index (χ0n) is 17.6. The Morgan fingerprint density at radius 2 is 1.63 bits per heavy atom. The van der Waals surface area contributed by atoms with Crippen molar-refractivity contribution in [2.75, 3.05) is 5.32 Å². The van der Waals surface area contributed by atoms with Crippen molar-refractivity contribution in [3.8, 4) is 5.69 Å². The van der Waals surface area contributed by atoms with E-state index < -0.39 is 0 Å².